The lowest BCUT2D eigenvalue weighted by atomic mass is 9.90. The topological polar surface area (TPSA) is 46.5 Å². The van der Waals surface area contributed by atoms with Gasteiger partial charge >= 0.3 is 5.97 Å². The summed E-state index contributed by atoms with van der Waals surface area (Å²) < 4.78 is 5.20. The first-order chi connectivity index (χ1) is 6.90. The van der Waals surface area contributed by atoms with Gasteiger partial charge in [-0.15, -0.1) is 0 Å². The average molecular weight is 214 g/mol. The molecule has 0 atom stereocenters. The summed E-state index contributed by atoms with van der Waals surface area (Å²) >= 11 is 0. The van der Waals surface area contributed by atoms with E-state index in [0.29, 0.717) is 0 Å². The summed E-state index contributed by atoms with van der Waals surface area (Å²) in [6.45, 7) is 5.86. The van der Waals surface area contributed by atoms with E-state index < -0.39 is 11.0 Å². The summed E-state index contributed by atoms with van der Waals surface area (Å²) in [5, 5.41) is 10.0. The highest BCUT2D eigenvalue weighted by atomic mass is 16.5. The summed E-state index contributed by atoms with van der Waals surface area (Å²) in [6.07, 6.45) is 4.33. The smallest absolute Gasteiger partial charge is 0.311 e. The van der Waals surface area contributed by atoms with E-state index in [1.54, 1.807) is 0 Å². The van der Waals surface area contributed by atoms with Gasteiger partial charge in [-0.2, -0.15) is 0 Å². The number of esters is 1. The third-order valence-corrected chi connectivity index (χ3v) is 3.44. The lowest BCUT2D eigenvalue weighted by Crippen LogP contribution is -2.35. The van der Waals surface area contributed by atoms with Crippen LogP contribution in [0.4, 0.5) is 0 Å². The van der Waals surface area contributed by atoms with Crippen molar-refractivity contribution in [2.75, 3.05) is 6.61 Å². The van der Waals surface area contributed by atoms with Crippen LogP contribution in [0, 0.1) is 5.41 Å². The van der Waals surface area contributed by atoms with Gasteiger partial charge in [-0.05, 0) is 33.1 Å². The molecule has 0 saturated heterocycles. The molecule has 0 spiro atoms. The molecule has 0 aromatic heterocycles. The van der Waals surface area contributed by atoms with Crippen molar-refractivity contribution in [2.24, 2.45) is 5.41 Å². The van der Waals surface area contributed by atoms with Gasteiger partial charge in [-0.25, -0.2) is 0 Å². The molecule has 88 valence electrons. The van der Waals surface area contributed by atoms with Crippen LogP contribution in [0.5, 0.6) is 0 Å². The quantitative estimate of drug-likeness (QED) is 0.730. The molecule has 0 heterocycles. The Morgan fingerprint density at radius 3 is 2.40 bits per heavy atom. The minimum Gasteiger partial charge on any atom is -0.462 e. The van der Waals surface area contributed by atoms with Gasteiger partial charge in [0.1, 0.15) is 6.61 Å². The second-order valence-electron chi connectivity index (χ2n) is 5.25. The number of hydrogen-bond donors (Lipinski definition) is 1. The standard InChI is InChI=1S/C12H22O3/c1-4-11(2,3)10(13)15-9-12(14)7-5-6-8-12/h14H,4-9H2,1-3H3. The minimum atomic E-state index is -0.751. The molecule has 0 bridgehead atoms. The zero-order chi connectivity index (χ0) is 11.5. The summed E-state index contributed by atoms with van der Waals surface area (Å²) in [4.78, 5) is 11.7. The van der Waals surface area contributed by atoms with Crippen LogP contribution in [0.2, 0.25) is 0 Å². The van der Waals surface area contributed by atoms with E-state index in [-0.39, 0.29) is 12.6 Å². The predicted octanol–water partition coefficient (Wildman–Crippen LogP) is 2.27. The lowest BCUT2D eigenvalue weighted by Gasteiger charge is -2.26. The lowest BCUT2D eigenvalue weighted by molar-refractivity contribution is -0.161. The minimum absolute atomic E-state index is 0.162. The Kier molecular flexibility index (Phi) is 3.77. The summed E-state index contributed by atoms with van der Waals surface area (Å²) in [7, 11) is 0. The zero-order valence-electron chi connectivity index (χ0n) is 10.0. The maximum Gasteiger partial charge on any atom is 0.311 e. The molecule has 1 rings (SSSR count). The molecular formula is C12H22O3. The van der Waals surface area contributed by atoms with Gasteiger partial charge in [-0.3, -0.25) is 4.79 Å². The maximum atomic E-state index is 11.7. The van der Waals surface area contributed by atoms with E-state index in [1.165, 1.54) is 0 Å². The molecule has 0 unspecified atom stereocenters. The Morgan fingerprint density at radius 1 is 1.40 bits per heavy atom. The fourth-order valence-corrected chi connectivity index (χ4v) is 1.72. The van der Waals surface area contributed by atoms with Gasteiger partial charge < -0.3 is 9.84 Å². The highest BCUT2D eigenvalue weighted by Crippen LogP contribution is 2.30. The zero-order valence-corrected chi connectivity index (χ0v) is 10.0. The van der Waals surface area contributed by atoms with E-state index in [2.05, 4.69) is 0 Å². The van der Waals surface area contributed by atoms with Crippen molar-refractivity contribution in [3.8, 4) is 0 Å². The molecule has 1 N–H and O–H groups in total. The third kappa shape index (κ3) is 3.20. The van der Waals surface area contributed by atoms with E-state index in [0.717, 1.165) is 32.1 Å². The first-order valence-corrected chi connectivity index (χ1v) is 5.79. The van der Waals surface area contributed by atoms with Crippen LogP contribution in [-0.4, -0.2) is 23.3 Å². The second kappa shape index (κ2) is 4.52. The molecule has 1 saturated carbocycles. The number of hydrogen-bond acceptors (Lipinski definition) is 3. The van der Waals surface area contributed by atoms with Crippen molar-refractivity contribution in [1.82, 2.24) is 0 Å². The normalized spacial score (nSPS) is 20.3. The average Bonchev–Trinajstić information content (AvgIpc) is 2.62. The highest BCUT2D eigenvalue weighted by molar-refractivity contribution is 5.75. The molecule has 0 aliphatic heterocycles. The predicted molar refractivity (Wildman–Crippen MR) is 58.4 cm³/mol. The Labute approximate surface area is 91.8 Å². The van der Waals surface area contributed by atoms with Crippen molar-refractivity contribution in [1.29, 1.82) is 0 Å². The van der Waals surface area contributed by atoms with Crippen LogP contribution in [0.25, 0.3) is 0 Å². The van der Waals surface area contributed by atoms with Crippen molar-refractivity contribution >= 4 is 5.97 Å². The first-order valence-electron chi connectivity index (χ1n) is 5.79. The highest BCUT2D eigenvalue weighted by Gasteiger charge is 2.35. The Bertz CT molecular complexity index is 227. The summed E-state index contributed by atoms with van der Waals surface area (Å²) in [5.41, 5.74) is -1.19. The van der Waals surface area contributed by atoms with Crippen molar-refractivity contribution in [3.05, 3.63) is 0 Å². The van der Waals surface area contributed by atoms with E-state index >= 15 is 0 Å². The fourth-order valence-electron chi connectivity index (χ4n) is 1.72. The molecule has 1 fully saturated rings. The molecule has 1 aliphatic carbocycles. The largest absolute Gasteiger partial charge is 0.462 e. The van der Waals surface area contributed by atoms with E-state index in [1.807, 2.05) is 20.8 Å². The van der Waals surface area contributed by atoms with Crippen molar-refractivity contribution in [3.63, 3.8) is 0 Å². The van der Waals surface area contributed by atoms with Crippen LogP contribution in [-0.2, 0) is 9.53 Å². The molecular weight excluding hydrogens is 192 g/mol. The molecule has 15 heavy (non-hydrogen) atoms. The molecule has 0 aromatic carbocycles. The van der Waals surface area contributed by atoms with E-state index in [9.17, 15) is 9.90 Å². The van der Waals surface area contributed by atoms with Gasteiger partial charge in [-0.1, -0.05) is 19.8 Å². The molecule has 0 radical (unpaired) electrons. The number of carbonyl (C=O) groups excluding carboxylic acids is 1. The van der Waals surface area contributed by atoms with Crippen LogP contribution >= 0.6 is 0 Å². The molecule has 3 nitrogen and oxygen atoms in total. The fraction of sp³-hybridized carbons (Fsp3) is 0.917. The maximum absolute atomic E-state index is 11.7. The van der Waals surface area contributed by atoms with Gasteiger partial charge in [0.05, 0.1) is 11.0 Å². The Balaban J connectivity index is 2.40. The number of ether oxygens (including phenoxy) is 1. The Morgan fingerprint density at radius 2 is 1.93 bits per heavy atom. The number of aliphatic hydroxyl groups is 1. The molecule has 0 amide bonds. The van der Waals surface area contributed by atoms with Crippen LogP contribution < -0.4 is 0 Å². The van der Waals surface area contributed by atoms with Gasteiger partial charge in [0, 0.05) is 0 Å². The Hall–Kier alpha value is -0.570. The number of rotatable bonds is 4. The van der Waals surface area contributed by atoms with Gasteiger partial charge in [0.2, 0.25) is 0 Å². The monoisotopic (exact) mass is 214 g/mol. The molecule has 0 aromatic rings. The van der Waals surface area contributed by atoms with Gasteiger partial charge in [0.25, 0.3) is 0 Å². The van der Waals surface area contributed by atoms with Crippen LogP contribution in [0.1, 0.15) is 52.9 Å². The molecule has 3 heteroatoms. The molecule has 1 aliphatic rings. The number of carbonyl (C=O) groups is 1. The SMILES string of the molecule is CCC(C)(C)C(=O)OCC1(O)CCCC1. The van der Waals surface area contributed by atoms with Crippen LogP contribution in [0.3, 0.4) is 0 Å². The van der Waals surface area contributed by atoms with Crippen molar-refractivity contribution in [2.45, 2.75) is 58.5 Å². The van der Waals surface area contributed by atoms with Gasteiger partial charge in [0.15, 0.2) is 0 Å². The van der Waals surface area contributed by atoms with E-state index in [4.69, 9.17) is 4.74 Å². The van der Waals surface area contributed by atoms with Crippen molar-refractivity contribution < 1.29 is 14.6 Å². The first kappa shape index (κ1) is 12.5. The third-order valence-electron chi connectivity index (χ3n) is 3.44. The second-order valence-corrected chi connectivity index (χ2v) is 5.25. The summed E-state index contributed by atoms with van der Waals surface area (Å²) in [5.74, 6) is -0.203. The van der Waals surface area contributed by atoms with Crippen LogP contribution in [0.15, 0.2) is 0 Å². The summed E-state index contributed by atoms with van der Waals surface area (Å²) in [6, 6.07) is 0.